The second-order valence-electron chi connectivity index (χ2n) is 3.58. The molecule has 0 saturated carbocycles. The summed E-state index contributed by atoms with van der Waals surface area (Å²) in [5.41, 5.74) is 0.876. The third kappa shape index (κ3) is 4.60. The number of rotatable bonds is 5. The summed E-state index contributed by atoms with van der Waals surface area (Å²) in [6.07, 6.45) is 2.25. The van der Waals surface area contributed by atoms with Gasteiger partial charge in [-0.25, -0.2) is 0 Å². The zero-order chi connectivity index (χ0) is 13.4. The quantitative estimate of drug-likeness (QED) is 0.649. The van der Waals surface area contributed by atoms with Crippen molar-refractivity contribution in [1.82, 2.24) is 5.32 Å². The predicted octanol–water partition coefficient (Wildman–Crippen LogP) is 2.79. The van der Waals surface area contributed by atoms with Crippen LogP contribution in [0.25, 0.3) is 0 Å². The predicted molar refractivity (Wildman–Crippen MR) is 74.8 cm³/mol. The van der Waals surface area contributed by atoms with Crippen LogP contribution in [0, 0.1) is 11.3 Å². The maximum absolute atomic E-state index is 11.6. The average molecular weight is 308 g/mol. The molecule has 18 heavy (non-hydrogen) atoms. The Bertz CT molecular complexity index is 474. The number of nitriles is 1. The first kappa shape index (κ1) is 14.3. The number of halogens is 1. The molecule has 0 unspecified atom stereocenters. The molecule has 0 bridgehead atoms. The lowest BCUT2D eigenvalue weighted by atomic mass is 10.2. The molecule has 0 aliphatic carbocycles. The van der Waals surface area contributed by atoms with Crippen LogP contribution in [-0.2, 0) is 4.79 Å². The van der Waals surface area contributed by atoms with E-state index in [1.165, 1.54) is 6.20 Å². The second kappa shape index (κ2) is 7.51. The van der Waals surface area contributed by atoms with Gasteiger partial charge in [0.1, 0.15) is 11.6 Å². The zero-order valence-corrected chi connectivity index (χ0v) is 11.6. The number of hydrogen-bond acceptors (Lipinski definition) is 3. The Morgan fingerprint density at radius 3 is 2.67 bits per heavy atom. The second-order valence-corrected chi connectivity index (χ2v) is 4.49. The van der Waals surface area contributed by atoms with Gasteiger partial charge < -0.3 is 10.6 Å². The van der Waals surface area contributed by atoms with Crippen molar-refractivity contribution in [3.05, 3.63) is 40.5 Å². The van der Waals surface area contributed by atoms with Crippen LogP contribution >= 0.6 is 15.9 Å². The first-order valence-electron chi connectivity index (χ1n) is 5.58. The number of nitrogens with one attached hydrogen (secondary N) is 2. The van der Waals surface area contributed by atoms with Crippen LogP contribution in [0.2, 0.25) is 0 Å². The monoisotopic (exact) mass is 307 g/mol. The van der Waals surface area contributed by atoms with Crippen LogP contribution in [0.4, 0.5) is 5.69 Å². The highest BCUT2D eigenvalue weighted by atomic mass is 79.9. The summed E-state index contributed by atoms with van der Waals surface area (Å²) in [7, 11) is 0. The van der Waals surface area contributed by atoms with E-state index in [-0.39, 0.29) is 11.5 Å². The highest BCUT2D eigenvalue weighted by molar-refractivity contribution is 9.10. The standard InChI is InChI=1S/C13H14BrN3O/c1-2-7-16-13(18)10(8-15)9-17-12-5-3-11(14)4-6-12/h3-6,9,17H,2,7H2,1H3,(H,16,18)/b10-9-. The Morgan fingerprint density at radius 1 is 1.44 bits per heavy atom. The largest absolute Gasteiger partial charge is 0.360 e. The minimum Gasteiger partial charge on any atom is -0.360 e. The fourth-order valence-electron chi connectivity index (χ4n) is 1.18. The minimum absolute atomic E-state index is 0.0615. The van der Waals surface area contributed by atoms with Gasteiger partial charge >= 0.3 is 0 Å². The third-order valence-electron chi connectivity index (χ3n) is 2.13. The topological polar surface area (TPSA) is 64.9 Å². The van der Waals surface area contributed by atoms with Crippen molar-refractivity contribution in [3.8, 4) is 6.07 Å². The van der Waals surface area contributed by atoms with Gasteiger partial charge in [-0.05, 0) is 30.7 Å². The molecule has 0 atom stereocenters. The van der Waals surface area contributed by atoms with Crippen molar-refractivity contribution in [2.24, 2.45) is 0 Å². The molecule has 0 heterocycles. The molecule has 94 valence electrons. The summed E-state index contributed by atoms with van der Waals surface area (Å²) in [6.45, 7) is 2.52. The molecule has 2 N–H and O–H groups in total. The fraction of sp³-hybridized carbons (Fsp3) is 0.231. The molecule has 1 amide bonds. The van der Waals surface area contributed by atoms with Crippen LogP contribution in [0.15, 0.2) is 40.5 Å². The number of nitrogens with zero attached hydrogens (tertiary/aromatic N) is 1. The summed E-state index contributed by atoms with van der Waals surface area (Å²) in [6, 6.07) is 9.31. The van der Waals surface area contributed by atoms with Crippen molar-refractivity contribution in [2.75, 3.05) is 11.9 Å². The first-order valence-corrected chi connectivity index (χ1v) is 6.37. The van der Waals surface area contributed by atoms with E-state index in [1.807, 2.05) is 37.3 Å². The molecule has 1 aromatic rings. The van der Waals surface area contributed by atoms with Gasteiger partial charge in [-0.1, -0.05) is 22.9 Å². The van der Waals surface area contributed by atoms with Crippen LogP contribution in [0.3, 0.4) is 0 Å². The number of carbonyl (C=O) groups is 1. The van der Waals surface area contributed by atoms with Gasteiger partial charge in [-0.15, -0.1) is 0 Å². The lowest BCUT2D eigenvalue weighted by molar-refractivity contribution is -0.117. The van der Waals surface area contributed by atoms with Gasteiger partial charge in [-0.2, -0.15) is 5.26 Å². The molecule has 1 aromatic carbocycles. The molecule has 0 radical (unpaired) electrons. The maximum Gasteiger partial charge on any atom is 0.263 e. The summed E-state index contributed by atoms with van der Waals surface area (Å²) in [4.78, 5) is 11.6. The van der Waals surface area contributed by atoms with Gasteiger partial charge in [0, 0.05) is 22.9 Å². The fourth-order valence-corrected chi connectivity index (χ4v) is 1.45. The molecule has 4 nitrogen and oxygen atoms in total. The normalized spacial score (nSPS) is 10.6. The van der Waals surface area contributed by atoms with Gasteiger partial charge in [0.25, 0.3) is 5.91 Å². The Labute approximate surface area is 115 Å². The molecule has 0 aliphatic heterocycles. The van der Waals surface area contributed by atoms with Crippen molar-refractivity contribution in [3.63, 3.8) is 0 Å². The Kier molecular flexibility index (Phi) is 5.95. The summed E-state index contributed by atoms with van der Waals surface area (Å²) < 4.78 is 0.971. The van der Waals surface area contributed by atoms with Crippen LogP contribution < -0.4 is 10.6 Å². The van der Waals surface area contributed by atoms with Crippen molar-refractivity contribution < 1.29 is 4.79 Å². The maximum atomic E-state index is 11.6. The van der Waals surface area contributed by atoms with E-state index in [2.05, 4.69) is 26.6 Å². The molecule has 0 fully saturated rings. The van der Waals surface area contributed by atoms with Gasteiger partial charge in [0.2, 0.25) is 0 Å². The molecular formula is C13H14BrN3O. The number of anilines is 1. The highest BCUT2D eigenvalue weighted by Gasteiger charge is 2.06. The van der Waals surface area contributed by atoms with E-state index in [0.717, 1.165) is 16.6 Å². The first-order chi connectivity index (χ1) is 8.67. The summed E-state index contributed by atoms with van der Waals surface area (Å²) >= 11 is 3.33. The van der Waals surface area contributed by atoms with Gasteiger partial charge in [-0.3, -0.25) is 4.79 Å². The van der Waals surface area contributed by atoms with Gasteiger partial charge in [0.05, 0.1) is 0 Å². The molecule has 0 aromatic heterocycles. The zero-order valence-electron chi connectivity index (χ0n) is 10.0. The van der Waals surface area contributed by atoms with Crippen LogP contribution in [0.5, 0.6) is 0 Å². The third-order valence-corrected chi connectivity index (χ3v) is 2.66. The number of hydrogen-bond donors (Lipinski definition) is 2. The average Bonchev–Trinajstić information content (AvgIpc) is 2.39. The minimum atomic E-state index is -0.357. The van der Waals surface area contributed by atoms with E-state index in [1.54, 1.807) is 0 Å². The van der Waals surface area contributed by atoms with Gasteiger partial charge in [0.15, 0.2) is 0 Å². The molecule has 0 aliphatic rings. The van der Waals surface area contributed by atoms with E-state index in [4.69, 9.17) is 5.26 Å². The molecule has 0 saturated heterocycles. The molecule has 0 spiro atoms. The van der Waals surface area contributed by atoms with E-state index >= 15 is 0 Å². The van der Waals surface area contributed by atoms with Crippen LogP contribution in [0.1, 0.15) is 13.3 Å². The smallest absolute Gasteiger partial charge is 0.263 e. The Morgan fingerprint density at radius 2 is 2.11 bits per heavy atom. The van der Waals surface area contributed by atoms with Crippen molar-refractivity contribution in [1.29, 1.82) is 5.26 Å². The molecule has 1 rings (SSSR count). The molecular weight excluding hydrogens is 294 g/mol. The Balaban J connectivity index is 2.66. The molecule has 5 heteroatoms. The number of amides is 1. The van der Waals surface area contributed by atoms with Crippen molar-refractivity contribution in [2.45, 2.75) is 13.3 Å². The SMILES string of the molecule is CCCNC(=O)/C(C#N)=C\Nc1ccc(Br)cc1. The van der Waals surface area contributed by atoms with E-state index in [0.29, 0.717) is 6.54 Å². The van der Waals surface area contributed by atoms with E-state index < -0.39 is 0 Å². The number of carbonyl (C=O) groups excluding carboxylic acids is 1. The summed E-state index contributed by atoms with van der Waals surface area (Å²) in [5, 5.41) is 14.5. The van der Waals surface area contributed by atoms with Crippen molar-refractivity contribution >= 4 is 27.5 Å². The Hall–Kier alpha value is -1.80. The van der Waals surface area contributed by atoms with Crippen LogP contribution in [-0.4, -0.2) is 12.5 Å². The lowest BCUT2D eigenvalue weighted by Gasteiger charge is -2.03. The number of benzene rings is 1. The van der Waals surface area contributed by atoms with E-state index in [9.17, 15) is 4.79 Å². The highest BCUT2D eigenvalue weighted by Crippen LogP contribution is 2.14. The lowest BCUT2D eigenvalue weighted by Crippen LogP contribution is -2.25. The summed E-state index contributed by atoms with van der Waals surface area (Å²) in [5.74, 6) is -0.357.